The lowest BCUT2D eigenvalue weighted by atomic mass is 10.2. The highest BCUT2D eigenvalue weighted by Gasteiger charge is 1.89. The molecule has 0 fully saturated rings. The minimum absolute atomic E-state index is 0.735. The van der Waals surface area contributed by atoms with Crippen LogP contribution in [0.5, 0.6) is 0 Å². The molecule has 1 aromatic carbocycles. The molecule has 3 nitrogen and oxygen atoms in total. The van der Waals surface area contributed by atoms with Crippen LogP contribution in [0, 0.1) is 11.8 Å². The van der Waals surface area contributed by atoms with Crippen LogP contribution in [-0.4, -0.2) is 22.6 Å². The van der Waals surface area contributed by atoms with Gasteiger partial charge in [-0.15, -0.1) is 0 Å². The number of rotatable bonds is 5. The van der Waals surface area contributed by atoms with E-state index < -0.39 is 0 Å². The van der Waals surface area contributed by atoms with Crippen molar-refractivity contribution in [1.29, 1.82) is 0 Å². The molecule has 0 spiro atoms. The SMILES string of the molecule is C(#Cc1ccccc1)CNCCCn1ccnc1. The Labute approximate surface area is 108 Å². The van der Waals surface area contributed by atoms with E-state index in [0.717, 1.165) is 31.6 Å². The van der Waals surface area contributed by atoms with E-state index in [1.807, 2.05) is 42.9 Å². The molecule has 0 aliphatic rings. The van der Waals surface area contributed by atoms with Gasteiger partial charge >= 0.3 is 0 Å². The van der Waals surface area contributed by atoms with Gasteiger partial charge in [-0.25, -0.2) is 4.98 Å². The summed E-state index contributed by atoms with van der Waals surface area (Å²) in [6.07, 6.45) is 6.71. The predicted octanol–water partition coefficient (Wildman–Crippen LogP) is 1.91. The zero-order valence-electron chi connectivity index (χ0n) is 10.3. The second kappa shape index (κ2) is 7.31. The first-order valence-corrected chi connectivity index (χ1v) is 6.15. The lowest BCUT2D eigenvalue weighted by molar-refractivity contribution is 0.602. The van der Waals surface area contributed by atoms with Gasteiger partial charge in [0.1, 0.15) is 0 Å². The van der Waals surface area contributed by atoms with Crippen molar-refractivity contribution in [2.75, 3.05) is 13.1 Å². The maximum absolute atomic E-state index is 4.00. The van der Waals surface area contributed by atoms with E-state index in [9.17, 15) is 0 Å². The van der Waals surface area contributed by atoms with Crippen LogP contribution in [0.4, 0.5) is 0 Å². The molecule has 0 radical (unpaired) electrons. The van der Waals surface area contributed by atoms with Gasteiger partial charge in [-0.2, -0.15) is 0 Å². The third-order valence-electron chi connectivity index (χ3n) is 2.55. The molecular formula is C15H17N3. The third kappa shape index (κ3) is 4.44. The summed E-state index contributed by atoms with van der Waals surface area (Å²) in [5.74, 6) is 6.24. The average molecular weight is 239 g/mol. The van der Waals surface area contributed by atoms with Gasteiger partial charge in [0, 0.05) is 24.5 Å². The Kier molecular flexibility index (Phi) is 5.04. The molecule has 3 heteroatoms. The summed E-state index contributed by atoms with van der Waals surface area (Å²) in [5, 5.41) is 3.31. The van der Waals surface area contributed by atoms with Crippen molar-refractivity contribution in [2.45, 2.75) is 13.0 Å². The average Bonchev–Trinajstić information content (AvgIpc) is 2.92. The zero-order chi connectivity index (χ0) is 12.5. The first-order chi connectivity index (χ1) is 8.95. The van der Waals surface area contributed by atoms with E-state index in [2.05, 4.69) is 26.7 Å². The van der Waals surface area contributed by atoms with Gasteiger partial charge in [-0.3, -0.25) is 0 Å². The number of nitrogens with one attached hydrogen (secondary N) is 1. The lowest BCUT2D eigenvalue weighted by Crippen LogP contribution is -2.16. The van der Waals surface area contributed by atoms with Gasteiger partial charge in [-0.05, 0) is 25.1 Å². The van der Waals surface area contributed by atoms with Crippen molar-refractivity contribution < 1.29 is 0 Å². The quantitative estimate of drug-likeness (QED) is 0.638. The normalized spacial score (nSPS) is 9.78. The molecule has 1 N–H and O–H groups in total. The van der Waals surface area contributed by atoms with Gasteiger partial charge in [0.2, 0.25) is 0 Å². The highest BCUT2D eigenvalue weighted by molar-refractivity contribution is 5.33. The number of hydrogen-bond donors (Lipinski definition) is 1. The fraction of sp³-hybridized carbons (Fsp3) is 0.267. The summed E-state index contributed by atoms with van der Waals surface area (Å²) in [7, 11) is 0. The smallest absolute Gasteiger partial charge is 0.0945 e. The summed E-state index contributed by atoms with van der Waals surface area (Å²) >= 11 is 0. The Balaban J connectivity index is 1.58. The lowest BCUT2D eigenvalue weighted by Gasteiger charge is -2.01. The van der Waals surface area contributed by atoms with Crippen molar-refractivity contribution in [3.63, 3.8) is 0 Å². The van der Waals surface area contributed by atoms with Crippen LogP contribution >= 0.6 is 0 Å². The number of benzene rings is 1. The second-order valence-electron chi connectivity index (χ2n) is 4.00. The summed E-state index contributed by atoms with van der Waals surface area (Å²) in [6.45, 7) is 2.71. The maximum atomic E-state index is 4.00. The summed E-state index contributed by atoms with van der Waals surface area (Å²) < 4.78 is 2.08. The fourth-order valence-electron chi connectivity index (χ4n) is 1.62. The van der Waals surface area contributed by atoms with Gasteiger partial charge in [0.25, 0.3) is 0 Å². The zero-order valence-corrected chi connectivity index (χ0v) is 10.3. The number of imidazole rings is 1. The van der Waals surface area contributed by atoms with Crippen LogP contribution in [0.25, 0.3) is 0 Å². The molecule has 2 rings (SSSR count). The Morgan fingerprint density at radius 1 is 1.22 bits per heavy atom. The number of aromatic nitrogens is 2. The molecule has 0 saturated carbocycles. The second-order valence-corrected chi connectivity index (χ2v) is 4.00. The molecule has 0 amide bonds. The minimum atomic E-state index is 0.735. The molecule has 18 heavy (non-hydrogen) atoms. The fourth-order valence-corrected chi connectivity index (χ4v) is 1.62. The first-order valence-electron chi connectivity index (χ1n) is 6.15. The highest BCUT2D eigenvalue weighted by Crippen LogP contribution is 1.94. The van der Waals surface area contributed by atoms with Gasteiger partial charge in [0.05, 0.1) is 12.9 Å². The predicted molar refractivity (Wildman–Crippen MR) is 73.0 cm³/mol. The van der Waals surface area contributed by atoms with Crippen molar-refractivity contribution >= 4 is 0 Å². The molecule has 2 aromatic rings. The summed E-state index contributed by atoms with van der Waals surface area (Å²) in [6, 6.07) is 10.0. The first kappa shape index (κ1) is 12.4. The van der Waals surface area contributed by atoms with Crippen LogP contribution in [0.2, 0.25) is 0 Å². The van der Waals surface area contributed by atoms with E-state index >= 15 is 0 Å². The molecular weight excluding hydrogens is 222 g/mol. The van der Waals surface area contributed by atoms with Gasteiger partial charge in [0.15, 0.2) is 0 Å². The molecule has 1 aromatic heterocycles. The van der Waals surface area contributed by atoms with E-state index in [4.69, 9.17) is 0 Å². The molecule has 0 aliphatic carbocycles. The van der Waals surface area contributed by atoms with E-state index in [1.54, 1.807) is 6.20 Å². The van der Waals surface area contributed by atoms with Crippen LogP contribution in [0.15, 0.2) is 49.1 Å². The Morgan fingerprint density at radius 2 is 2.11 bits per heavy atom. The van der Waals surface area contributed by atoms with Crippen LogP contribution < -0.4 is 5.32 Å². The number of aryl methyl sites for hydroxylation is 1. The molecule has 0 aliphatic heterocycles. The standard InChI is InChI=1S/C15H17N3/c1-2-6-15(7-3-1)8-4-9-16-10-5-12-18-13-11-17-14-18/h1-3,6-7,11,13-14,16H,5,9-10,12H2. The Hall–Kier alpha value is -2.05. The molecule has 0 bridgehead atoms. The Morgan fingerprint density at radius 3 is 2.89 bits per heavy atom. The van der Waals surface area contributed by atoms with Crippen molar-refractivity contribution in [2.24, 2.45) is 0 Å². The monoisotopic (exact) mass is 239 g/mol. The van der Waals surface area contributed by atoms with Crippen LogP contribution in [0.3, 0.4) is 0 Å². The maximum Gasteiger partial charge on any atom is 0.0945 e. The van der Waals surface area contributed by atoms with Gasteiger partial charge in [-0.1, -0.05) is 30.0 Å². The summed E-state index contributed by atoms with van der Waals surface area (Å²) in [5.41, 5.74) is 1.07. The van der Waals surface area contributed by atoms with Crippen molar-refractivity contribution in [1.82, 2.24) is 14.9 Å². The van der Waals surface area contributed by atoms with E-state index in [1.165, 1.54) is 0 Å². The third-order valence-corrected chi connectivity index (χ3v) is 2.55. The molecule has 0 atom stereocenters. The van der Waals surface area contributed by atoms with E-state index in [0.29, 0.717) is 0 Å². The topological polar surface area (TPSA) is 29.9 Å². The van der Waals surface area contributed by atoms with Gasteiger partial charge < -0.3 is 9.88 Å². The van der Waals surface area contributed by atoms with Crippen molar-refractivity contribution in [3.05, 3.63) is 54.6 Å². The van der Waals surface area contributed by atoms with Crippen LogP contribution in [0.1, 0.15) is 12.0 Å². The molecule has 0 saturated heterocycles. The highest BCUT2D eigenvalue weighted by atomic mass is 15.0. The van der Waals surface area contributed by atoms with E-state index in [-0.39, 0.29) is 0 Å². The Bertz CT molecular complexity index is 492. The number of hydrogen-bond acceptors (Lipinski definition) is 2. The molecule has 0 unspecified atom stereocenters. The summed E-state index contributed by atoms with van der Waals surface area (Å²) in [4.78, 5) is 4.00. The largest absolute Gasteiger partial charge is 0.337 e. The minimum Gasteiger partial charge on any atom is -0.337 e. The molecule has 1 heterocycles. The number of nitrogens with zero attached hydrogens (tertiary/aromatic N) is 2. The van der Waals surface area contributed by atoms with Crippen molar-refractivity contribution in [3.8, 4) is 11.8 Å². The molecule has 92 valence electrons. The van der Waals surface area contributed by atoms with Crippen LogP contribution in [-0.2, 0) is 6.54 Å².